The standard InChI is InChI=1S/C31H32N2O3/c1-2-21-36-29-18-14-25(15-19-29)22-34-23-27-9-5-11-31(33-27)30-10-4-8-26(32-30)7-3-6-24-12-16-28(17-13-24)35-20-1/h4-5,8-19H,1-3,6-7,20-23H2. The van der Waals surface area contributed by atoms with E-state index in [1.807, 2.05) is 48.5 Å². The largest absolute Gasteiger partial charge is 0.494 e. The number of nitrogens with zero attached hydrogens (tertiary/aromatic N) is 2. The molecule has 3 aliphatic rings. The van der Waals surface area contributed by atoms with Crippen LogP contribution in [0.1, 0.15) is 41.8 Å². The van der Waals surface area contributed by atoms with Gasteiger partial charge >= 0.3 is 0 Å². The zero-order valence-corrected chi connectivity index (χ0v) is 20.6. The zero-order chi connectivity index (χ0) is 24.4. The third-order valence-electron chi connectivity index (χ3n) is 6.22. The van der Waals surface area contributed by atoms with Gasteiger partial charge in [-0.05, 0) is 91.8 Å². The molecule has 0 atom stereocenters. The van der Waals surface area contributed by atoms with E-state index in [1.165, 1.54) is 5.56 Å². The van der Waals surface area contributed by atoms with Gasteiger partial charge in [0.25, 0.3) is 0 Å². The summed E-state index contributed by atoms with van der Waals surface area (Å²) in [5.74, 6) is 1.80. The summed E-state index contributed by atoms with van der Waals surface area (Å²) in [6.07, 6.45) is 4.88. The number of benzene rings is 2. The quantitative estimate of drug-likeness (QED) is 0.284. The number of rotatable bonds is 0. The topological polar surface area (TPSA) is 53.5 Å². The fraction of sp³-hybridized carbons (Fsp3) is 0.290. The highest BCUT2D eigenvalue weighted by atomic mass is 16.5. The zero-order valence-electron chi connectivity index (χ0n) is 20.6. The Labute approximate surface area is 213 Å². The van der Waals surface area contributed by atoms with E-state index >= 15 is 0 Å². The molecule has 0 saturated heterocycles. The molecule has 2 aromatic heterocycles. The molecule has 5 heterocycles. The summed E-state index contributed by atoms with van der Waals surface area (Å²) in [5, 5.41) is 0. The Hall–Kier alpha value is -3.70. The molecule has 36 heavy (non-hydrogen) atoms. The lowest BCUT2D eigenvalue weighted by molar-refractivity contribution is 0.104. The second kappa shape index (κ2) is 12.3. The van der Waals surface area contributed by atoms with E-state index in [1.54, 1.807) is 0 Å². The van der Waals surface area contributed by atoms with Crippen LogP contribution in [0.2, 0.25) is 0 Å². The van der Waals surface area contributed by atoms with Gasteiger partial charge in [0.15, 0.2) is 0 Å². The van der Waals surface area contributed by atoms with Crippen LogP contribution < -0.4 is 9.47 Å². The highest BCUT2D eigenvalue weighted by Crippen LogP contribution is 2.19. The lowest BCUT2D eigenvalue weighted by atomic mass is 10.1. The monoisotopic (exact) mass is 480 g/mol. The molecule has 8 bridgehead atoms. The van der Waals surface area contributed by atoms with E-state index in [0.29, 0.717) is 26.4 Å². The van der Waals surface area contributed by atoms with E-state index in [2.05, 4.69) is 36.4 Å². The summed E-state index contributed by atoms with van der Waals surface area (Å²) in [4.78, 5) is 9.67. The Morgan fingerprint density at radius 1 is 0.500 bits per heavy atom. The van der Waals surface area contributed by atoms with Crippen LogP contribution in [0.25, 0.3) is 11.4 Å². The fourth-order valence-electron chi connectivity index (χ4n) is 4.23. The smallest absolute Gasteiger partial charge is 0.119 e. The highest BCUT2D eigenvalue weighted by Gasteiger charge is 2.06. The molecular weight excluding hydrogens is 448 g/mol. The van der Waals surface area contributed by atoms with Gasteiger partial charge in [-0.15, -0.1) is 0 Å². The summed E-state index contributed by atoms with van der Waals surface area (Å²) in [6, 6.07) is 28.8. The molecule has 0 aliphatic carbocycles. The molecule has 5 heteroatoms. The summed E-state index contributed by atoms with van der Waals surface area (Å²) in [7, 11) is 0. The fourth-order valence-corrected chi connectivity index (χ4v) is 4.23. The molecule has 0 N–H and O–H groups in total. The van der Waals surface area contributed by atoms with Gasteiger partial charge in [-0.3, -0.25) is 4.98 Å². The van der Waals surface area contributed by atoms with Crippen LogP contribution in [0, 0.1) is 0 Å². The molecule has 0 spiro atoms. The molecule has 2 aromatic carbocycles. The third-order valence-corrected chi connectivity index (χ3v) is 6.22. The molecule has 5 nitrogen and oxygen atoms in total. The second-order valence-electron chi connectivity index (χ2n) is 9.07. The highest BCUT2D eigenvalue weighted by molar-refractivity contribution is 5.54. The number of hydrogen-bond donors (Lipinski definition) is 0. The van der Waals surface area contributed by atoms with Gasteiger partial charge in [0.1, 0.15) is 11.5 Å². The predicted molar refractivity (Wildman–Crippen MR) is 141 cm³/mol. The first-order valence-corrected chi connectivity index (χ1v) is 12.8. The van der Waals surface area contributed by atoms with Gasteiger partial charge in [-0.25, -0.2) is 4.98 Å². The predicted octanol–water partition coefficient (Wildman–Crippen LogP) is 6.59. The molecule has 184 valence electrons. The number of aryl methyl sites for hydroxylation is 2. The molecular formula is C31H32N2O3. The maximum Gasteiger partial charge on any atom is 0.119 e. The number of aromatic nitrogens is 2. The van der Waals surface area contributed by atoms with E-state index in [9.17, 15) is 0 Å². The normalized spacial score (nSPS) is 15.1. The van der Waals surface area contributed by atoms with E-state index in [4.69, 9.17) is 24.2 Å². The molecule has 0 amide bonds. The first kappa shape index (κ1) is 24.0. The number of ether oxygens (including phenoxy) is 3. The number of fused-ring (bicyclic) bond motifs is 2. The average Bonchev–Trinajstić information content (AvgIpc) is 2.92. The number of pyridine rings is 2. The minimum atomic E-state index is 0.451. The minimum absolute atomic E-state index is 0.451. The van der Waals surface area contributed by atoms with E-state index in [-0.39, 0.29) is 0 Å². The van der Waals surface area contributed by atoms with Gasteiger partial charge in [0, 0.05) is 5.69 Å². The van der Waals surface area contributed by atoms with Crippen molar-refractivity contribution in [3.8, 4) is 22.9 Å². The summed E-state index contributed by atoms with van der Waals surface area (Å²) >= 11 is 0. The van der Waals surface area contributed by atoms with Crippen LogP contribution in [0.3, 0.4) is 0 Å². The lowest BCUT2D eigenvalue weighted by Gasteiger charge is -2.10. The number of hydrogen-bond acceptors (Lipinski definition) is 5. The first-order valence-electron chi connectivity index (χ1n) is 12.8. The van der Waals surface area contributed by atoms with Gasteiger partial charge in [0.05, 0.1) is 43.5 Å². The third kappa shape index (κ3) is 6.92. The van der Waals surface area contributed by atoms with Crippen LogP contribution in [0.4, 0.5) is 0 Å². The van der Waals surface area contributed by atoms with Crippen molar-refractivity contribution >= 4 is 0 Å². The first-order chi connectivity index (χ1) is 17.8. The average molecular weight is 481 g/mol. The minimum Gasteiger partial charge on any atom is -0.494 e. The van der Waals surface area contributed by atoms with Crippen LogP contribution in [-0.2, 0) is 30.8 Å². The van der Waals surface area contributed by atoms with Crippen LogP contribution >= 0.6 is 0 Å². The van der Waals surface area contributed by atoms with Gasteiger partial charge in [0.2, 0.25) is 0 Å². The second-order valence-corrected chi connectivity index (χ2v) is 9.07. The van der Waals surface area contributed by atoms with Crippen molar-refractivity contribution in [3.05, 3.63) is 107 Å². The Bertz CT molecular complexity index is 1140. The van der Waals surface area contributed by atoms with Crippen molar-refractivity contribution in [1.29, 1.82) is 0 Å². The molecule has 4 aromatic rings. The Kier molecular flexibility index (Phi) is 8.22. The van der Waals surface area contributed by atoms with Crippen LogP contribution in [0.15, 0.2) is 84.9 Å². The van der Waals surface area contributed by atoms with E-state index in [0.717, 1.165) is 71.9 Å². The maximum atomic E-state index is 5.94. The van der Waals surface area contributed by atoms with Gasteiger partial charge in [-0.1, -0.05) is 36.4 Å². The van der Waals surface area contributed by atoms with Crippen molar-refractivity contribution in [2.24, 2.45) is 0 Å². The molecule has 0 radical (unpaired) electrons. The SMILES string of the molecule is c1cc2nc(c1)-c1cccc(n1)COCc1ccc(cc1)OCCCCOc1ccc(cc1)CCC2. The molecule has 7 rings (SSSR count). The van der Waals surface area contributed by atoms with Crippen molar-refractivity contribution in [2.75, 3.05) is 13.2 Å². The van der Waals surface area contributed by atoms with Crippen molar-refractivity contribution in [3.63, 3.8) is 0 Å². The Morgan fingerprint density at radius 2 is 1.08 bits per heavy atom. The van der Waals surface area contributed by atoms with E-state index < -0.39 is 0 Å². The van der Waals surface area contributed by atoms with Crippen molar-refractivity contribution in [2.45, 2.75) is 45.3 Å². The van der Waals surface area contributed by atoms with Crippen LogP contribution in [-0.4, -0.2) is 23.2 Å². The summed E-state index contributed by atoms with van der Waals surface area (Å²) in [5.41, 5.74) is 6.17. The maximum absolute atomic E-state index is 5.94. The van der Waals surface area contributed by atoms with Crippen LogP contribution in [0.5, 0.6) is 11.5 Å². The Morgan fingerprint density at radius 3 is 1.75 bits per heavy atom. The molecule has 0 saturated carbocycles. The Balaban J connectivity index is 1.30. The molecule has 0 fully saturated rings. The van der Waals surface area contributed by atoms with Gasteiger partial charge in [-0.2, -0.15) is 0 Å². The van der Waals surface area contributed by atoms with Crippen molar-refractivity contribution < 1.29 is 14.2 Å². The van der Waals surface area contributed by atoms with Gasteiger partial charge < -0.3 is 14.2 Å². The summed E-state index contributed by atoms with van der Waals surface area (Å²) in [6.45, 7) is 2.35. The molecule has 3 aliphatic heterocycles. The molecule has 0 unspecified atom stereocenters. The van der Waals surface area contributed by atoms with Crippen molar-refractivity contribution in [1.82, 2.24) is 9.97 Å². The lowest BCUT2D eigenvalue weighted by Crippen LogP contribution is -2.03. The summed E-state index contributed by atoms with van der Waals surface area (Å²) < 4.78 is 17.7.